The number of carbonyl (C=O) groups excluding carboxylic acids is 1. The normalized spacial score (nSPS) is 20.8. The van der Waals surface area contributed by atoms with Gasteiger partial charge in [0.05, 0.1) is 5.25 Å². The van der Waals surface area contributed by atoms with E-state index >= 15 is 0 Å². The maximum atomic E-state index is 13.1. The second-order valence-corrected chi connectivity index (χ2v) is 5.49. The largest absolute Gasteiger partial charge is 0.293 e. The van der Waals surface area contributed by atoms with E-state index in [1.54, 1.807) is 30.8 Å². The highest BCUT2D eigenvalue weighted by Crippen LogP contribution is 2.28. The molecule has 2 rings (SSSR count). The molecule has 86 valence electrons. The van der Waals surface area contributed by atoms with Crippen LogP contribution in [-0.2, 0) is 0 Å². The van der Waals surface area contributed by atoms with E-state index in [4.69, 9.17) is 0 Å². The van der Waals surface area contributed by atoms with Gasteiger partial charge in [-0.25, -0.2) is 4.39 Å². The van der Waals surface area contributed by atoms with Gasteiger partial charge in [-0.2, -0.15) is 11.8 Å². The van der Waals surface area contributed by atoms with Crippen LogP contribution in [0.3, 0.4) is 0 Å². The van der Waals surface area contributed by atoms with Crippen LogP contribution in [0, 0.1) is 12.7 Å². The fourth-order valence-electron chi connectivity index (χ4n) is 1.93. The maximum Gasteiger partial charge on any atom is 0.175 e. The molecule has 1 aromatic carbocycles. The van der Waals surface area contributed by atoms with Crippen molar-refractivity contribution in [3.8, 4) is 0 Å². The zero-order chi connectivity index (χ0) is 11.5. The Morgan fingerprint density at radius 2 is 2.25 bits per heavy atom. The van der Waals surface area contributed by atoms with E-state index in [-0.39, 0.29) is 16.9 Å². The molecule has 3 heteroatoms. The summed E-state index contributed by atoms with van der Waals surface area (Å²) < 4.78 is 13.1. The summed E-state index contributed by atoms with van der Waals surface area (Å²) in [6.45, 7) is 1.69. The number of aryl methyl sites for hydroxylation is 1. The van der Waals surface area contributed by atoms with Crippen LogP contribution in [0.1, 0.15) is 35.2 Å². The molecule has 1 atom stereocenters. The van der Waals surface area contributed by atoms with Crippen LogP contribution in [0.5, 0.6) is 0 Å². The summed E-state index contributed by atoms with van der Waals surface area (Å²) in [5.74, 6) is 0.983. The summed E-state index contributed by atoms with van der Waals surface area (Å²) in [4.78, 5) is 12.1. The molecular weight excluding hydrogens is 223 g/mol. The average Bonchev–Trinajstić information content (AvgIpc) is 2.33. The first kappa shape index (κ1) is 11.6. The molecule has 0 saturated carbocycles. The monoisotopic (exact) mass is 238 g/mol. The van der Waals surface area contributed by atoms with Crippen molar-refractivity contribution in [3.63, 3.8) is 0 Å². The zero-order valence-corrected chi connectivity index (χ0v) is 10.1. The topological polar surface area (TPSA) is 17.1 Å². The molecule has 1 fully saturated rings. The van der Waals surface area contributed by atoms with Gasteiger partial charge in [0, 0.05) is 5.56 Å². The molecule has 1 aromatic rings. The Labute approximate surface area is 99.4 Å². The zero-order valence-electron chi connectivity index (χ0n) is 9.33. The van der Waals surface area contributed by atoms with E-state index in [1.807, 2.05) is 0 Å². The Bertz CT molecular complexity index is 397. The predicted octanol–water partition coefficient (Wildman–Crippen LogP) is 3.60. The van der Waals surface area contributed by atoms with Crippen molar-refractivity contribution < 1.29 is 9.18 Å². The minimum absolute atomic E-state index is 0.0820. The van der Waals surface area contributed by atoms with E-state index < -0.39 is 0 Å². The van der Waals surface area contributed by atoms with E-state index in [2.05, 4.69) is 0 Å². The highest BCUT2D eigenvalue weighted by molar-refractivity contribution is 8.00. The van der Waals surface area contributed by atoms with Crippen molar-refractivity contribution in [3.05, 3.63) is 35.1 Å². The van der Waals surface area contributed by atoms with Gasteiger partial charge >= 0.3 is 0 Å². The van der Waals surface area contributed by atoms with E-state index in [9.17, 15) is 9.18 Å². The summed E-state index contributed by atoms with van der Waals surface area (Å²) in [6.07, 6.45) is 3.29. The van der Waals surface area contributed by atoms with Crippen molar-refractivity contribution >= 4 is 17.5 Å². The van der Waals surface area contributed by atoms with Crippen molar-refractivity contribution in [1.82, 2.24) is 0 Å². The summed E-state index contributed by atoms with van der Waals surface area (Å²) in [5.41, 5.74) is 1.20. The smallest absolute Gasteiger partial charge is 0.175 e. The third-order valence-electron chi connectivity index (χ3n) is 2.91. The predicted molar refractivity (Wildman–Crippen MR) is 65.6 cm³/mol. The average molecular weight is 238 g/mol. The fourth-order valence-corrected chi connectivity index (χ4v) is 3.21. The summed E-state index contributed by atoms with van der Waals surface area (Å²) in [5, 5.41) is 0.0820. The van der Waals surface area contributed by atoms with Crippen LogP contribution in [0.15, 0.2) is 18.2 Å². The molecule has 1 aliphatic rings. The van der Waals surface area contributed by atoms with Gasteiger partial charge in [-0.05, 0) is 49.3 Å². The molecule has 0 bridgehead atoms. The van der Waals surface area contributed by atoms with Crippen LogP contribution in [0.25, 0.3) is 0 Å². The lowest BCUT2D eigenvalue weighted by Gasteiger charge is -2.20. The summed E-state index contributed by atoms with van der Waals surface area (Å²) >= 11 is 1.73. The van der Waals surface area contributed by atoms with Gasteiger partial charge in [0.2, 0.25) is 0 Å². The number of ketones is 1. The lowest BCUT2D eigenvalue weighted by atomic mass is 10.0. The molecule has 1 unspecified atom stereocenters. The van der Waals surface area contributed by atoms with Crippen LogP contribution in [-0.4, -0.2) is 16.8 Å². The second-order valence-electron chi connectivity index (χ2n) is 4.18. The van der Waals surface area contributed by atoms with Crippen molar-refractivity contribution in [2.24, 2.45) is 0 Å². The lowest BCUT2D eigenvalue weighted by Crippen LogP contribution is -2.21. The van der Waals surface area contributed by atoms with E-state index in [0.29, 0.717) is 11.1 Å². The standard InChI is InChI=1S/C13H15FOS/c1-9-8-10(5-6-11(9)14)13(15)12-4-2-3-7-16-12/h5-6,8,12H,2-4,7H2,1H3. The summed E-state index contributed by atoms with van der Waals surface area (Å²) in [7, 11) is 0. The Morgan fingerprint density at radius 1 is 1.44 bits per heavy atom. The Hall–Kier alpha value is -0.830. The van der Waals surface area contributed by atoms with Crippen LogP contribution >= 0.6 is 11.8 Å². The first-order valence-electron chi connectivity index (χ1n) is 5.60. The van der Waals surface area contributed by atoms with Gasteiger partial charge in [-0.1, -0.05) is 6.42 Å². The lowest BCUT2D eigenvalue weighted by molar-refractivity contribution is 0.0984. The molecule has 0 aromatic heterocycles. The summed E-state index contributed by atoms with van der Waals surface area (Å²) in [6, 6.07) is 4.64. The third-order valence-corrected chi connectivity index (χ3v) is 4.29. The molecule has 0 amide bonds. The number of benzene rings is 1. The van der Waals surface area contributed by atoms with Crippen molar-refractivity contribution in [1.29, 1.82) is 0 Å². The number of Topliss-reactive ketones (excluding diaryl/α,β-unsaturated/α-hetero) is 1. The molecule has 0 aliphatic carbocycles. The first-order chi connectivity index (χ1) is 7.68. The van der Waals surface area contributed by atoms with Gasteiger partial charge in [-0.15, -0.1) is 0 Å². The quantitative estimate of drug-likeness (QED) is 0.732. The number of rotatable bonds is 2. The number of halogens is 1. The van der Waals surface area contributed by atoms with Gasteiger partial charge in [0.15, 0.2) is 5.78 Å². The maximum absolute atomic E-state index is 13.1. The van der Waals surface area contributed by atoms with E-state index in [1.165, 1.54) is 12.5 Å². The molecule has 0 spiro atoms. The number of carbonyl (C=O) groups is 1. The van der Waals surface area contributed by atoms with Gasteiger partial charge in [-0.3, -0.25) is 4.79 Å². The van der Waals surface area contributed by atoms with Gasteiger partial charge in [0.1, 0.15) is 5.82 Å². The SMILES string of the molecule is Cc1cc(C(=O)C2CCCCS2)ccc1F. The molecule has 1 saturated heterocycles. The Kier molecular flexibility index (Phi) is 3.64. The Balaban J connectivity index is 2.16. The van der Waals surface area contributed by atoms with Crippen molar-refractivity contribution in [2.45, 2.75) is 31.4 Å². The van der Waals surface area contributed by atoms with E-state index in [0.717, 1.165) is 18.6 Å². The minimum Gasteiger partial charge on any atom is -0.293 e. The van der Waals surface area contributed by atoms with Crippen LogP contribution in [0.4, 0.5) is 4.39 Å². The number of hydrogen-bond acceptors (Lipinski definition) is 2. The molecule has 1 nitrogen and oxygen atoms in total. The van der Waals surface area contributed by atoms with Crippen LogP contribution in [0.2, 0.25) is 0 Å². The molecule has 1 aliphatic heterocycles. The van der Waals surface area contributed by atoms with Crippen LogP contribution < -0.4 is 0 Å². The molecular formula is C13H15FOS. The third kappa shape index (κ3) is 2.46. The highest BCUT2D eigenvalue weighted by Gasteiger charge is 2.23. The first-order valence-corrected chi connectivity index (χ1v) is 6.65. The van der Waals surface area contributed by atoms with Crippen molar-refractivity contribution in [2.75, 3.05) is 5.75 Å². The second kappa shape index (κ2) is 5.00. The highest BCUT2D eigenvalue weighted by atomic mass is 32.2. The van der Waals surface area contributed by atoms with Gasteiger partial charge < -0.3 is 0 Å². The Morgan fingerprint density at radius 3 is 2.88 bits per heavy atom. The molecule has 0 radical (unpaired) electrons. The number of hydrogen-bond donors (Lipinski definition) is 0. The minimum atomic E-state index is -0.243. The fraction of sp³-hybridized carbons (Fsp3) is 0.462. The number of thioether (sulfide) groups is 1. The molecule has 0 N–H and O–H groups in total. The van der Waals surface area contributed by atoms with Gasteiger partial charge in [0.25, 0.3) is 0 Å². The molecule has 1 heterocycles. The molecule has 16 heavy (non-hydrogen) atoms.